The van der Waals surface area contributed by atoms with Crippen LogP contribution in [0.15, 0.2) is 29.4 Å². The van der Waals surface area contributed by atoms with Gasteiger partial charge < -0.3 is 0 Å². The Kier molecular flexibility index (Phi) is 2.55. The number of imidazole rings is 1. The molecule has 0 atom stereocenters. The van der Waals surface area contributed by atoms with Crippen molar-refractivity contribution in [2.45, 2.75) is 19.0 Å². The van der Waals surface area contributed by atoms with Gasteiger partial charge in [0, 0.05) is 5.75 Å². The number of H-pyrrole nitrogens is 1. The topological polar surface area (TPSA) is 46.0 Å². The van der Waals surface area contributed by atoms with Crippen LogP contribution in [-0.4, -0.2) is 25.3 Å². The standard InChI is InChI=1S/C12H14N4S/c1-8(2)7-17-12-15-14-11-13-9-5-3-4-6-10(9)16(11)12/h3-6,8H,7H2,1-2H3,(H,13,14). The van der Waals surface area contributed by atoms with Crippen LogP contribution in [-0.2, 0) is 0 Å². The highest BCUT2D eigenvalue weighted by atomic mass is 32.2. The maximum absolute atomic E-state index is 4.49. The van der Waals surface area contributed by atoms with Crippen molar-refractivity contribution < 1.29 is 0 Å². The summed E-state index contributed by atoms with van der Waals surface area (Å²) in [7, 11) is 0. The molecule has 0 aliphatic carbocycles. The summed E-state index contributed by atoms with van der Waals surface area (Å²) in [6, 6.07) is 8.13. The molecule has 0 bridgehead atoms. The molecule has 0 aliphatic rings. The number of hydrogen-bond donors (Lipinski definition) is 1. The van der Waals surface area contributed by atoms with Crippen molar-refractivity contribution in [1.82, 2.24) is 19.6 Å². The van der Waals surface area contributed by atoms with Gasteiger partial charge in [0.05, 0.1) is 11.0 Å². The first-order valence-corrected chi connectivity index (χ1v) is 6.68. The summed E-state index contributed by atoms with van der Waals surface area (Å²) >= 11 is 1.76. The van der Waals surface area contributed by atoms with Crippen LogP contribution < -0.4 is 0 Å². The molecule has 5 heteroatoms. The molecular weight excluding hydrogens is 232 g/mol. The maximum Gasteiger partial charge on any atom is 0.231 e. The Hall–Kier alpha value is -1.49. The van der Waals surface area contributed by atoms with E-state index in [9.17, 15) is 0 Å². The van der Waals surface area contributed by atoms with E-state index in [1.165, 1.54) is 0 Å². The molecule has 0 radical (unpaired) electrons. The van der Waals surface area contributed by atoms with Crippen molar-refractivity contribution in [1.29, 1.82) is 0 Å². The van der Waals surface area contributed by atoms with Gasteiger partial charge in [-0.25, -0.2) is 10.1 Å². The fourth-order valence-corrected chi connectivity index (χ4v) is 2.69. The molecule has 0 saturated heterocycles. The SMILES string of the molecule is CC(C)CSc1n[nH]c2nc3ccccc3n12. The third-order valence-corrected chi connectivity index (χ3v) is 3.91. The van der Waals surface area contributed by atoms with E-state index in [0.29, 0.717) is 5.92 Å². The minimum absolute atomic E-state index is 0.654. The van der Waals surface area contributed by atoms with Gasteiger partial charge in [0.1, 0.15) is 0 Å². The summed E-state index contributed by atoms with van der Waals surface area (Å²) < 4.78 is 2.09. The summed E-state index contributed by atoms with van der Waals surface area (Å²) in [5.74, 6) is 2.53. The third-order valence-electron chi connectivity index (χ3n) is 2.55. The summed E-state index contributed by atoms with van der Waals surface area (Å²) in [5, 5.41) is 8.29. The van der Waals surface area contributed by atoms with Crippen LogP contribution in [0.1, 0.15) is 13.8 Å². The highest BCUT2D eigenvalue weighted by Gasteiger charge is 2.11. The summed E-state index contributed by atoms with van der Waals surface area (Å²) in [6.45, 7) is 4.42. The molecule has 1 aromatic carbocycles. The zero-order chi connectivity index (χ0) is 11.8. The molecule has 2 aromatic heterocycles. The maximum atomic E-state index is 4.49. The van der Waals surface area contributed by atoms with Crippen LogP contribution in [0.5, 0.6) is 0 Å². The summed E-state index contributed by atoms with van der Waals surface area (Å²) in [6.07, 6.45) is 0. The van der Waals surface area contributed by atoms with Crippen molar-refractivity contribution >= 4 is 28.6 Å². The van der Waals surface area contributed by atoms with Gasteiger partial charge in [-0.2, -0.15) is 0 Å². The monoisotopic (exact) mass is 246 g/mol. The normalized spacial score (nSPS) is 11.9. The lowest BCUT2D eigenvalue weighted by atomic mass is 10.3. The van der Waals surface area contributed by atoms with Gasteiger partial charge in [-0.3, -0.25) is 4.40 Å². The minimum Gasteiger partial charge on any atom is -0.254 e. The van der Waals surface area contributed by atoms with E-state index in [1.54, 1.807) is 11.8 Å². The van der Waals surface area contributed by atoms with E-state index in [1.807, 2.05) is 18.2 Å². The smallest absolute Gasteiger partial charge is 0.231 e. The molecule has 0 saturated carbocycles. The second-order valence-electron chi connectivity index (χ2n) is 4.47. The second kappa shape index (κ2) is 4.07. The Morgan fingerprint density at radius 3 is 3.00 bits per heavy atom. The number of aromatic amines is 1. The average molecular weight is 246 g/mol. The van der Waals surface area contributed by atoms with Gasteiger partial charge in [-0.05, 0) is 18.1 Å². The summed E-state index contributed by atoms with van der Waals surface area (Å²) in [4.78, 5) is 4.49. The number of fused-ring (bicyclic) bond motifs is 3. The van der Waals surface area contributed by atoms with E-state index in [2.05, 4.69) is 39.5 Å². The number of aromatic nitrogens is 4. The van der Waals surface area contributed by atoms with E-state index in [0.717, 1.165) is 27.7 Å². The van der Waals surface area contributed by atoms with Crippen LogP contribution >= 0.6 is 11.8 Å². The van der Waals surface area contributed by atoms with Gasteiger partial charge in [0.2, 0.25) is 5.78 Å². The van der Waals surface area contributed by atoms with Crippen molar-refractivity contribution in [3.63, 3.8) is 0 Å². The number of nitrogens with zero attached hydrogens (tertiary/aromatic N) is 3. The molecule has 0 unspecified atom stereocenters. The zero-order valence-corrected chi connectivity index (χ0v) is 10.7. The zero-order valence-electron chi connectivity index (χ0n) is 9.84. The number of benzene rings is 1. The number of thioether (sulfide) groups is 1. The molecule has 0 amide bonds. The molecular formula is C12H14N4S. The van der Waals surface area contributed by atoms with Crippen molar-refractivity contribution in [3.05, 3.63) is 24.3 Å². The Labute approximate surface area is 103 Å². The predicted octanol–water partition coefficient (Wildman–Crippen LogP) is 2.96. The van der Waals surface area contributed by atoms with E-state index in [4.69, 9.17) is 0 Å². The Balaban J connectivity index is 2.12. The second-order valence-corrected chi connectivity index (χ2v) is 5.46. The fourth-order valence-electron chi connectivity index (χ4n) is 1.78. The molecule has 4 nitrogen and oxygen atoms in total. The first-order valence-electron chi connectivity index (χ1n) is 5.70. The van der Waals surface area contributed by atoms with E-state index in [-0.39, 0.29) is 0 Å². The number of rotatable bonds is 3. The highest BCUT2D eigenvalue weighted by Crippen LogP contribution is 2.23. The Morgan fingerprint density at radius 2 is 2.18 bits per heavy atom. The fraction of sp³-hybridized carbons (Fsp3) is 0.333. The molecule has 3 aromatic rings. The van der Waals surface area contributed by atoms with Crippen LogP contribution in [0, 0.1) is 5.92 Å². The lowest BCUT2D eigenvalue weighted by Crippen LogP contribution is -1.93. The average Bonchev–Trinajstić information content (AvgIpc) is 2.84. The van der Waals surface area contributed by atoms with E-state index >= 15 is 0 Å². The van der Waals surface area contributed by atoms with Gasteiger partial charge >= 0.3 is 0 Å². The van der Waals surface area contributed by atoms with Gasteiger partial charge in [0.25, 0.3) is 0 Å². The molecule has 1 N–H and O–H groups in total. The highest BCUT2D eigenvalue weighted by molar-refractivity contribution is 7.99. The molecule has 0 aliphatic heterocycles. The van der Waals surface area contributed by atoms with Gasteiger partial charge in [-0.15, -0.1) is 5.10 Å². The lowest BCUT2D eigenvalue weighted by Gasteiger charge is -2.01. The van der Waals surface area contributed by atoms with Crippen LogP contribution in [0.25, 0.3) is 16.8 Å². The molecule has 0 fully saturated rings. The number of para-hydroxylation sites is 2. The van der Waals surface area contributed by atoms with Crippen molar-refractivity contribution in [2.75, 3.05) is 5.75 Å². The molecule has 17 heavy (non-hydrogen) atoms. The Morgan fingerprint density at radius 1 is 1.35 bits per heavy atom. The third kappa shape index (κ3) is 1.80. The van der Waals surface area contributed by atoms with Crippen LogP contribution in [0.2, 0.25) is 0 Å². The van der Waals surface area contributed by atoms with Crippen molar-refractivity contribution in [3.8, 4) is 0 Å². The minimum atomic E-state index is 0.654. The number of nitrogens with one attached hydrogen (secondary N) is 1. The summed E-state index contributed by atoms with van der Waals surface area (Å²) in [5.41, 5.74) is 2.12. The first-order chi connectivity index (χ1) is 8.25. The Bertz CT molecular complexity index is 653. The molecule has 88 valence electrons. The molecule has 3 rings (SSSR count). The van der Waals surface area contributed by atoms with Crippen LogP contribution in [0.4, 0.5) is 0 Å². The van der Waals surface area contributed by atoms with Crippen molar-refractivity contribution in [2.24, 2.45) is 5.92 Å². The van der Waals surface area contributed by atoms with E-state index < -0.39 is 0 Å². The van der Waals surface area contributed by atoms with Gasteiger partial charge in [-0.1, -0.05) is 37.7 Å². The predicted molar refractivity (Wildman–Crippen MR) is 70.4 cm³/mol. The van der Waals surface area contributed by atoms with Gasteiger partial charge in [0.15, 0.2) is 5.16 Å². The quantitative estimate of drug-likeness (QED) is 0.723. The number of hydrogen-bond acceptors (Lipinski definition) is 3. The molecule has 0 spiro atoms. The lowest BCUT2D eigenvalue weighted by molar-refractivity contribution is 0.747. The van der Waals surface area contributed by atoms with Crippen LogP contribution in [0.3, 0.4) is 0 Å². The largest absolute Gasteiger partial charge is 0.254 e. The molecule has 2 heterocycles. The first kappa shape index (κ1) is 10.7.